The Kier molecular flexibility index (Phi) is 5.19. The molecule has 1 aromatic rings. The molecule has 1 atom stereocenters. The molecule has 138 valence electrons. The molecule has 1 N–H and O–H groups in total. The summed E-state index contributed by atoms with van der Waals surface area (Å²) in [6.45, 7) is 3.88. The van der Waals surface area contributed by atoms with E-state index >= 15 is 0 Å². The van der Waals surface area contributed by atoms with Gasteiger partial charge < -0.3 is 19.9 Å². The number of carbonyl (C=O) groups is 1. The van der Waals surface area contributed by atoms with Gasteiger partial charge in [0.1, 0.15) is 0 Å². The number of ether oxygens (including phenoxy) is 1. The van der Waals surface area contributed by atoms with E-state index < -0.39 is 11.0 Å². The Morgan fingerprint density at radius 2 is 2.08 bits per heavy atom. The number of benzene rings is 1. The average molecular weight is 376 g/mol. The van der Waals surface area contributed by atoms with E-state index in [1.165, 1.54) is 12.1 Å². The molecule has 9 heteroatoms. The fraction of sp³-hybridized carbons (Fsp3) is 0.412. The smallest absolute Gasteiger partial charge is 0.269 e. The van der Waals surface area contributed by atoms with Crippen LogP contribution < -0.4 is 5.32 Å². The van der Waals surface area contributed by atoms with Crippen molar-refractivity contribution in [1.29, 1.82) is 0 Å². The van der Waals surface area contributed by atoms with Crippen LogP contribution in [0, 0.1) is 10.1 Å². The molecule has 1 amide bonds. The third-order valence-electron chi connectivity index (χ3n) is 4.70. The number of nitro groups is 1. The maximum atomic E-state index is 13.2. The van der Waals surface area contributed by atoms with Crippen LogP contribution in [0.1, 0.15) is 18.5 Å². The molecule has 0 saturated carbocycles. The zero-order valence-electron chi connectivity index (χ0n) is 14.6. The lowest BCUT2D eigenvalue weighted by Gasteiger charge is -2.38. The molecule has 3 rings (SSSR count). The van der Waals surface area contributed by atoms with Gasteiger partial charge in [0.2, 0.25) is 0 Å². The summed E-state index contributed by atoms with van der Waals surface area (Å²) in [4.78, 5) is 27.4. The third kappa shape index (κ3) is 3.40. The summed E-state index contributed by atoms with van der Waals surface area (Å²) in [5, 5.41) is 14.7. The normalized spacial score (nSPS) is 20.8. The number of nitrogens with one attached hydrogen (secondary N) is 1. The molecule has 0 unspecified atom stereocenters. The summed E-state index contributed by atoms with van der Waals surface area (Å²) in [6.07, 6.45) is 0. The molecule has 1 aromatic carbocycles. The van der Waals surface area contributed by atoms with E-state index in [0.29, 0.717) is 42.6 Å². The van der Waals surface area contributed by atoms with Gasteiger partial charge in [-0.1, -0.05) is 12.1 Å². The first kappa shape index (κ1) is 18.3. The maximum Gasteiger partial charge on any atom is 0.269 e. The molecule has 1 saturated heterocycles. The van der Waals surface area contributed by atoms with E-state index in [-0.39, 0.29) is 11.6 Å². The van der Waals surface area contributed by atoms with Gasteiger partial charge in [-0.15, -0.1) is 0 Å². The Bertz CT molecular complexity index is 789. The summed E-state index contributed by atoms with van der Waals surface area (Å²) >= 11 is 5.36. The van der Waals surface area contributed by atoms with Crippen molar-refractivity contribution < 1.29 is 14.5 Å². The number of non-ortho nitro benzene ring substituents is 1. The van der Waals surface area contributed by atoms with Crippen molar-refractivity contribution in [1.82, 2.24) is 15.1 Å². The van der Waals surface area contributed by atoms with Gasteiger partial charge in [-0.05, 0) is 24.7 Å². The molecule has 0 aromatic heterocycles. The lowest BCUT2D eigenvalue weighted by Crippen LogP contribution is -2.50. The fourth-order valence-corrected chi connectivity index (χ4v) is 3.37. The minimum absolute atomic E-state index is 0.0232. The minimum atomic E-state index is -0.533. The quantitative estimate of drug-likeness (QED) is 0.487. The predicted molar refractivity (Wildman–Crippen MR) is 99.4 cm³/mol. The van der Waals surface area contributed by atoms with Gasteiger partial charge in [0.25, 0.3) is 11.6 Å². The second-order valence-corrected chi connectivity index (χ2v) is 6.58. The number of hydrogen-bond donors (Lipinski definition) is 1. The fourth-order valence-electron chi connectivity index (χ4n) is 3.12. The topological polar surface area (TPSA) is 88.0 Å². The molecule has 2 aliphatic rings. The van der Waals surface area contributed by atoms with Crippen molar-refractivity contribution in [2.24, 2.45) is 0 Å². The number of allylic oxidation sites excluding steroid dienone is 1. The number of nitrogens with zero attached hydrogens (tertiary/aromatic N) is 3. The molecule has 26 heavy (non-hydrogen) atoms. The monoisotopic (exact) mass is 376 g/mol. The number of morpholine rings is 1. The molecule has 1 fully saturated rings. The predicted octanol–water partition coefficient (Wildman–Crippen LogP) is 1.59. The van der Waals surface area contributed by atoms with E-state index in [0.717, 1.165) is 5.70 Å². The largest absolute Gasteiger partial charge is 0.378 e. The summed E-state index contributed by atoms with van der Waals surface area (Å²) in [5.74, 6) is -0.107. The minimum Gasteiger partial charge on any atom is -0.378 e. The van der Waals surface area contributed by atoms with Gasteiger partial charge in [-0.25, -0.2) is 0 Å². The molecule has 2 aliphatic heterocycles. The number of thiocarbonyl (C=S) groups is 1. The van der Waals surface area contributed by atoms with Crippen LogP contribution in [0.5, 0.6) is 0 Å². The highest BCUT2D eigenvalue weighted by Crippen LogP contribution is 2.32. The molecule has 0 aliphatic carbocycles. The highest BCUT2D eigenvalue weighted by atomic mass is 32.1. The van der Waals surface area contributed by atoms with E-state index in [4.69, 9.17) is 17.0 Å². The van der Waals surface area contributed by atoms with Crippen molar-refractivity contribution in [3.8, 4) is 0 Å². The van der Waals surface area contributed by atoms with Crippen LogP contribution in [0.3, 0.4) is 0 Å². The van der Waals surface area contributed by atoms with Crippen molar-refractivity contribution in [2.75, 3.05) is 33.4 Å². The zero-order chi connectivity index (χ0) is 18.8. The second-order valence-electron chi connectivity index (χ2n) is 6.20. The highest BCUT2D eigenvalue weighted by molar-refractivity contribution is 7.80. The van der Waals surface area contributed by atoms with Gasteiger partial charge in [0.05, 0.1) is 29.8 Å². The number of carbonyl (C=O) groups excluding carboxylic acids is 1. The van der Waals surface area contributed by atoms with Crippen molar-refractivity contribution in [3.05, 3.63) is 51.2 Å². The second kappa shape index (κ2) is 7.38. The van der Waals surface area contributed by atoms with Gasteiger partial charge >= 0.3 is 0 Å². The number of amides is 1. The van der Waals surface area contributed by atoms with Crippen LogP contribution in [0.2, 0.25) is 0 Å². The standard InChI is InChI=1S/C17H20N4O4S/c1-11-14(16(22)20-6-8-25-9-7-20)15(18-17(26)19(11)2)12-4-3-5-13(10-12)21(23)24/h3-5,10,15H,6-9H2,1-2H3,(H,18,26)/t15-/m1/s1. The van der Waals surface area contributed by atoms with Crippen LogP contribution in [-0.4, -0.2) is 59.1 Å². The summed E-state index contributed by atoms with van der Waals surface area (Å²) < 4.78 is 5.32. The molecule has 8 nitrogen and oxygen atoms in total. The number of hydrogen-bond acceptors (Lipinski definition) is 5. The lowest BCUT2D eigenvalue weighted by atomic mass is 9.93. The first-order valence-corrected chi connectivity index (χ1v) is 8.67. The van der Waals surface area contributed by atoms with Crippen LogP contribution in [0.15, 0.2) is 35.5 Å². The van der Waals surface area contributed by atoms with Crippen molar-refractivity contribution in [2.45, 2.75) is 13.0 Å². The lowest BCUT2D eigenvalue weighted by molar-refractivity contribution is -0.384. The van der Waals surface area contributed by atoms with E-state index in [1.54, 1.807) is 29.0 Å². The Labute approximate surface area is 156 Å². The molecular formula is C17H20N4O4S. The molecule has 0 radical (unpaired) electrons. The van der Waals surface area contributed by atoms with Gasteiger partial charge in [0, 0.05) is 38.0 Å². The summed E-state index contributed by atoms with van der Waals surface area (Å²) in [7, 11) is 1.79. The SMILES string of the molecule is CC1=C(C(=O)N2CCOCC2)[C@@H](c2cccc([N+](=O)[O-])c2)NC(=S)N1C. The van der Waals surface area contributed by atoms with Gasteiger partial charge in [-0.3, -0.25) is 14.9 Å². The zero-order valence-corrected chi connectivity index (χ0v) is 15.4. The van der Waals surface area contributed by atoms with Crippen LogP contribution in [0.25, 0.3) is 0 Å². The number of nitro benzene ring substituents is 1. The first-order chi connectivity index (χ1) is 12.4. The Balaban J connectivity index is 2.03. The third-order valence-corrected chi connectivity index (χ3v) is 5.09. The molecule has 0 bridgehead atoms. The van der Waals surface area contributed by atoms with Gasteiger partial charge in [0.15, 0.2) is 5.11 Å². The Hall–Kier alpha value is -2.52. The van der Waals surface area contributed by atoms with E-state index in [2.05, 4.69) is 5.32 Å². The number of rotatable bonds is 3. The first-order valence-electron chi connectivity index (χ1n) is 8.26. The van der Waals surface area contributed by atoms with Crippen LogP contribution in [-0.2, 0) is 9.53 Å². The Morgan fingerprint density at radius 1 is 1.38 bits per heavy atom. The van der Waals surface area contributed by atoms with Crippen molar-refractivity contribution >= 4 is 28.9 Å². The maximum absolute atomic E-state index is 13.2. The van der Waals surface area contributed by atoms with E-state index in [9.17, 15) is 14.9 Å². The van der Waals surface area contributed by atoms with Crippen LogP contribution in [0.4, 0.5) is 5.69 Å². The molecule has 0 spiro atoms. The van der Waals surface area contributed by atoms with E-state index in [1.807, 2.05) is 6.92 Å². The Morgan fingerprint density at radius 3 is 2.73 bits per heavy atom. The molecular weight excluding hydrogens is 356 g/mol. The summed E-state index contributed by atoms with van der Waals surface area (Å²) in [5.41, 5.74) is 1.89. The van der Waals surface area contributed by atoms with Gasteiger partial charge in [-0.2, -0.15) is 0 Å². The summed E-state index contributed by atoms with van der Waals surface area (Å²) in [6, 6.07) is 5.75. The molecule has 2 heterocycles. The highest BCUT2D eigenvalue weighted by Gasteiger charge is 2.35. The van der Waals surface area contributed by atoms with Crippen LogP contribution >= 0.6 is 12.2 Å². The van der Waals surface area contributed by atoms with Crippen molar-refractivity contribution in [3.63, 3.8) is 0 Å². The average Bonchev–Trinajstić information content (AvgIpc) is 2.66.